The number of aryl methyl sites for hydroxylation is 1. The molecular formula is C14H19N3. The van der Waals surface area contributed by atoms with Gasteiger partial charge in [-0.05, 0) is 30.4 Å². The van der Waals surface area contributed by atoms with Crippen LogP contribution in [0.4, 0.5) is 0 Å². The molecule has 0 aliphatic rings. The van der Waals surface area contributed by atoms with Gasteiger partial charge in [0.15, 0.2) is 5.82 Å². The lowest BCUT2D eigenvalue weighted by Gasteiger charge is -2.25. The quantitative estimate of drug-likeness (QED) is 0.808. The monoisotopic (exact) mass is 229 g/mol. The van der Waals surface area contributed by atoms with Crippen molar-refractivity contribution in [1.29, 1.82) is 0 Å². The Hall–Kier alpha value is -1.64. The van der Waals surface area contributed by atoms with Crippen molar-refractivity contribution in [2.24, 2.45) is 0 Å². The van der Waals surface area contributed by atoms with Crippen LogP contribution in [0.5, 0.6) is 0 Å². The number of hydrogen-bond acceptors (Lipinski definition) is 2. The Balaban J connectivity index is 2.55. The van der Waals surface area contributed by atoms with Crippen LogP contribution in [0.3, 0.4) is 0 Å². The van der Waals surface area contributed by atoms with Crippen LogP contribution in [0.15, 0.2) is 30.7 Å². The maximum absolute atomic E-state index is 4.48. The van der Waals surface area contributed by atoms with Crippen molar-refractivity contribution in [3.8, 4) is 5.82 Å². The van der Waals surface area contributed by atoms with E-state index in [1.165, 1.54) is 5.56 Å². The summed E-state index contributed by atoms with van der Waals surface area (Å²) in [7, 11) is 0. The zero-order valence-corrected chi connectivity index (χ0v) is 10.9. The van der Waals surface area contributed by atoms with Crippen LogP contribution in [0.2, 0.25) is 0 Å². The van der Waals surface area contributed by atoms with Gasteiger partial charge < -0.3 is 0 Å². The van der Waals surface area contributed by atoms with Gasteiger partial charge in [-0.2, -0.15) is 5.10 Å². The second-order valence-corrected chi connectivity index (χ2v) is 5.07. The van der Waals surface area contributed by atoms with E-state index in [1.807, 2.05) is 36.3 Å². The van der Waals surface area contributed by atoms with Gasteiger partial charge in [0.2, 0.25) is 0 Å². The molecule has 0 aliphatic carbocycles. The third kappa shape index (κ3) is 2.23. The fraction of sp³-hybridized carbons (Fsp3) is 0.429. The average Bonchev–Trinajstić information content (AvgIpc) is 2.76. The number of pyridine rings is 1. The lowest BCUT2D eigenvalue weighted by molar-refractivity contribution is 0.499. The molecule has 0 amide bonds. The molecule has 0 saturated heterocycles. The molecule has 0 aromatic carbocycles. The topological polar surface area (TPSA) is 30.7 Å². The molecule has 0 atom stereocenters. The summed E-state index contributed by atoms with van der Waals surface area (Å²) in [5.41, 5.74) is 2.50. The summed E-state index contributed by atoms with van der Waals surface area (Å²) in [6, 6.07) is 4.13. The Morgan fingerprint density at radius 2 is 2.12 bits per heavy atom. The molecule has 0 bridgehead atoms. The molecule has 0 N–H and O–H groups in total. The summed E-state index contributed by atoms with van der Waals surface area (Å²) in [5.74, 6) is 0.937. The van der Waals surface area contributed by atoms with Gasteiger partial charge in [-0.3, -0.25) is 0 Å². The van der Waals surface area contributed by atoms with Gasteiger partial charge in [0.25, 0.3) is 0 Å². The maximum Gasteiger partial charge on any atom is 0.157 e. The molecule has 0 unspecified atom stereocenters. The van der Waals surface area contributed by atoms with Gasteiger partial charge in [-0.25, -0.2) is 9.67 Å². The van der Waals surface area contributed by atoms with E-state index in [1.54, 1.807) is 0 Å². The van der Waals surface area contributed by atoms with Gasteiger partial charge in [-0.15, -0.1) is 0 Å². The van der Waals surface area contributed by atoms with Crippen molar-refractivity contribution in [2.75, 3.05) is 0 Å². The Kier molecular flexibility index (Phi) is 3.01. The van der Waals surface area contributed by atoms with E-state index >= 15 is 0 Å². The fourth-order valence-corrected chi connectivity index (χ4v) is 1.83. The van der Waals surface area contributed by atoms with Crippen LogP contribution in [0, 0.1) is 6.92 Å². The molecule has 0 radical (unpaired) electrons. The first-order valence-electron chi connectivity index (χ1n) is 6.02. The van der Waals surface area contributed by atoms with E-state index < -0.39 is 0 Å². The van der Waals surface area contributed by atoms with Gasteiger partial charge >= 0.3 is 0 Å². The van der Waals surface area contributed by atoms with Crippen LogP contribution in [0.25, 0.3) is 5.82 Å². The molecule has 0 fully saturated rings. The fourth-order valence-electron chi connectivity index (χ4n) is 1.83. The van der Waals surface area contributed by atoms with E-state index in [4.69, 9.17) is 0 Å². The standard InChI is InChI=1S/C14H19N3/c1-5-14(3,4)12-7-6-8-15-13(12)17-10-11(2)9-16-17/h6-10H,5H2,1-4H3. The lowest BCUT2D eigenvalue weighted by atomic mass is 9.82. The largest absolute Gasteiger partial charge is 0.237 e. The molecule has 0 aliphatic heterocycles. The summed E-state index contributed by atoms with van der Waals surface area (Å²) >= 11 is 0. The highest BCUT2D eigenvalue weighted by molar-refractivity contribution is 5.38. The predicted molar refractivity (Wildman–Crippen MR) is 69.4 cm³/mol. The Bertz CT molecular complexity index is 512. The SMILES string of the molecule is CCC(C)(C)c1cccnc1-n1cc(C)cn1. The Labute approximate surface area is 103 Å². The van der Waals surface area contributed by atoms with Gasteiger partial charge in [0, 0.05) is 18.0 Å². The van der Waals surface area contributed by atoms with Crippen LogP contribution in [-0.4, -0.2) is 14.8 Å². The van der Waals surface area contributed by atoms with Crippen molar-refractivity contribution in [3.63, 3.8) is 0 Å². The molecule has 17 heavy (non-hydrogen) atoms. The Morgan fingerprint density at radius 1 is 1.35 bits per heavy atom. The molecule has 2 heterocycles. The van der Waals surface area contributed by atoms with Crippen molar-refractivity contribution in [2.45, 2.75) is 39.5 Å². The second kappa shape index (κ2) is 4.32. The van der Waals surface area contributed by atoms with Gasteiger partial charge in [-0.1, -0.05) is 26.8 Å². The van der Waals surface area contributed by atoms with Gasteiger partial charge in [0.1, 0.15) is 0 Å². The van der Waals surface area contributed by atoms with E-state index in [-0.39, 0.29) is 5.41 Å². The van der Waals surface area contributed by atoms with Crippen molar-refractivity contribution >= 4 is 0 Å². The van der Waals surface area contributed by atoms with E-state index in [0.29, 0.717) is 0 Å². The first-order valence-corrected chi connectivity index (χ1v) is 6.02. The zero-order valence-electron chi connectivity index (χ0n) is 10.9. The normalized spacial score (nSPS) is 11.8. The van der Waals surface area contributed by atoms with Gasteiger partial charge in [0.05, 0.1) is 6.20 Å². The molecule has 2 rings (SSSR count). The molecule has 3 heteroatoms. The third-order valence-corrected chi connectivity index (χ3v) is 3.33. The third-order valence-electron chi connectivity index (χ3n) is 3.33. The highest BCUT2D eigenvalue weighted by atomic mass is 15.3. The van der Waals surface area contributed by atoms with Crippen molar-refractivity contribution < 1.29 is 0 Å². The summed E-state index contributed by atoms with van der Waals surface area (Å²) in [5, 5.41) is 4.35. The zero-order chi connectivity index (χ0) is 12.5. The van der Waals surface area contributed by atoms with Crippen molar-refractivity contribution in [3.05, 3.63) is 41.9 Å². The lowest BCUT2D eigenvalue weighted by Crippen LogP contribution is -2.19. The second-order valence-electron chi connectivity index (χ2n) is 5.07. The molecule has 2 aromatic rings. The van der Waals surface area contributed by atoms with Crippen LogP contribution in [0.1, 0.15) is 38.3 Å². The molecule has 0 spiro atoms. The average molecular weight is 229 g/mol. The number of rotatable bonds is 3. The molecule has 0 saturated carbocycles. The van der Waals surface area contributed by atoms with Crippen LogP contribution >= 0.6 is 0 Å². The Morgan fingerprint density at radius 3 is 2.71 bits per heavy atom. The van der Waals surface area contributed by atoms with Crippen molar-refractivity contribution in [1.82, 2.24) is 14.8 Å². The summed E-state index contributed by atoms with van der Waals surface area (Å²) in [6.07, 6.45) is 6.77. The highest BCUT2D eigenvalue weighted by Crippen LogP contribution is 2.30. The number of aromatic nitrogens is 3. The number of hydrogen-bond donors (Lipinski definition) is 0. The highest BCUT2D eigenvalue weighted by Gasteiger charge is 2.23. The summed E-state index contributed by atoms with van der Waals surface area (Å²) in [4.78, 5) is 4.48. The van der Waals surface area contributed by atoms with E-state index in [9.17, 15) is 0 Å². The van der Waals surface area contributed by atoms with E-state index in [2.05, 4.69) is 36.9 Å². The number of nitrogens with zero attached hydrogens (tertiary/aromatic N) is 3. The first kappa shape index (κ1) is 11.8. The maximum atomic E-state index is 4.48. The minimum Gasteiger partial charge on any atom is -0.237 e. The van der Waals surface area contributed by atoms with Crippen LogP contribution in [-0.2, 0) is 5.41 Å². The first-order chi connectivity index (χ1) is 8.04. The molecule has 90 valence electrons. The molecule has 3 nitrogen and oxygen atoms in total. The van der Waals surface area contributed by atoms with E-state index in [0.717, 1.165) is 17.8 Å². The summed E-state index contributed by atoms with van der Waals surface area (Å²) in [6.45, 7) is 8.72. The smallest absolute Gasteiger partial charge is 0.157 e. The molecule has 2 aromatic heterocycles. The molecular weight excluding hydrogens is 210 g/mol. The minimum atomic E-state index is 0.115. The predicted octanol–water partition coefficient (Wildman–Crippen LogP) is 3.26. The summed E-state index contributed by atoms with van der Waals surface area (Å²) < 4.78 is 1.86. The minimum absolute atomic E-state index is 0.115. The van der Waals surface area contributed by atoms with Crippen LogP contribution < -0.4 is 0 Å².